The molecule has 0 aromatic heterocycles. The lowest BCUT2D eigenvalue weighted by Gasteiger charge is -2.31. The van der Waals surface area contributed by atoms with Gasteiger partial charge < -0.3 is 29.2 Å². The second-order valence-corrected chi connectivity index (χ2v) is 10.8. The van der Waals surface area contributed by atoms with Crippen LogP contribution in [0.1, 0.15) is 47.9 Å². The summed E-state index contributed by atoms with van der Waals surface area (Å²) >= 11 is 0. The lowest BCUT2D eigenvalue weighted by Crippen LogP contribution is -2.39. The molecule has 2 heterocycles. The molecule has 46 heavy (non-hydrogen) atoms. The minimum absolute atomic E-state index is 0.0317. The molecule has 2 amide bonds. The zero-order valence-corrected chi connectivity index (χ0v) is 25.1. The van der Waals surface area contributed by atoms with E-state index in [1.54, 1.807) is 48.5 Å². The molecule has 2 aromatic rings. The normalized spacial score (nSPS) is 20.0. The third kappa shape index (κ3) is 5.07. The van der Waals surface area contributed by atoms with Gasteiger partial charge in [0.1, 0.15) is 0 Å². The average Bonchev–Trinajstić information content (AvgIpc) is 3.09. The largest absolute Gasteiger partial charge is 0.455 e. The highest BCUT2D eigenvalue weighted by molar-refractivity contribution is 6.29. The standard InChI is InChI=1S/C34H28N2O10/c1-36(32(42)24-16-22-26(34(44-3)46-24)30(40)20-12-7-5-10-18(20)28(22)38)14-8-13-35-31(41)23-15-21-25(33(43-2)45-23)29(39)19-11-6-4-9-17(19)27(21)37/h4-7,9-12,15-16,33-34H,8,13-14H2,1-3H3,(H,35,41). The number of likely N-dealkylation sites (N-methyl/N-ethyl adjacent to an activating group) is 1. The molecule has 0 fully saturated rings. The van der Waals surface area contributed by atoms with Crippen molar-refractivity contribution in [2.75, 3.05) is 34.4 Å². The van der Waals surface area contributed by atoms with Crippen molar-refractivity contribution in [3.8, 4) is 0 Å². The first kappa shape index (κ1) is 30.6. The summed E-state index contributed by atoms with van der Waals surface area (Å²) in [5.74, 6) is -3.19. The molecule has 0 saturated carbocycles. The van der Waals surface area contributed by atoms with Crippen LogP contribution in [0.25, 0.3) is 0 Å². The quantitative estimate of drug-likeness (QED) is 0.433. The van der Waals surface area contributed by atoms with E-state index in [4.69, 9.17) is 18.9 Å². The molecular weight excluding hydrogens is 596 g/mol. The molecule has 2 aliphatic carbocycles. The smallest absolute Gasteiger partial charge is 0.288 e. The third-order valence-electron chi connectivity index (χ3n) is 8.05. The fraction of sp³-hybridized carbons (Fsp3) is 0.235. The van der Waals surface area contributed by atoms with Gasteiger partial charge in [-0.25, -0.2) is 0 Å². The molecule has 0 saturated heterocycles. The van der Waals surface area contributed by atoms with Crippen molar-refractivity contribution < 1.29 is 47.7 Å². The summed E-state index contributed by atoms with van der Waals surface area (Å²) in [6, 6.07) is 12.8. The second-order valence-electron chi connectivity index (χ2n) is 10.8. The Morgan fingerprint density at radius 2 is 1.15 bits per heavy atom. The number of amides is 2. The van der Waals surface area contributed by atoms with Gasteiger partial charge in [0.2, 0.25) is 12.6 Å². The Balaban J connectivity index is 1.10. The Hall–Kier alpha value is -5.46. The number of nitrogens with one attached hydrogen (secondary N) is 1. The number of rotatable bonds is 8. The Bertz CT molecular complexity index is 1860. The van der Waals surface area contributed by atoms with Crippen LogP contribution in [0.2, 0.25) is 0 Å². The monoisotopic (exact) mass is 624 g/mol. The Labute approximate surface area is 262 Å². The number of Topliss-reactive ketones (excluding diaryl/α,β-unsaturated/α-hetero) is 4. The zero-order chi connectivity index (χ0) is 32.7. The van der Waals surface area contributed by atoms with E-state index in [0.717, 1.165) is 0 Å². The number of ketones is 4. The summed E-state index contributed by atoms with van der Waals surface area (Å²) < 4.78 is 22.0. The average molecular weight is 625 g/mol. The molecule has 12 heteroatoms. The zero-order valence-electron chi connectivity index (χ0n) is 25.1. The summed E-state index contributed by atoms with van der Waals surface area (Å²) in [5.41, 5.74) is 1.10. The number of carbonyl (C=O) groups excluding carboxylic acids is 6. The van der Waals surface area contributed by atoms with Gasteiger partial charge >= 0.3 is 0 Å². The summed E-state index contributed by atoms with van der Waals surface area (Å²) in [6.45, 7) is 0.300. The second kappa shape index (κ2) is 12.1. The molecular formula is C34H28N2O10. The van der Waals surface area contributed by atoms with Crippen molar-refractivity contribution in [3.63, 3.8) is 0 Å². The van der Waals surface area contributed by atoms with E-state index in [1.807, 2.05) is 0 Å². The Kier molecular flexibility index (Phi) is 8.07. The van der Waals surface area contributed by atoms with Gasteiger partial charge in [-0.15, -0.1) is 0 Å². The van der Waals surface area contributed by atoms with Crippen LogP contribution in [-0.4, -0.2) is 86.8 Å². The van der Waals surface area contributed by atoms with Gasteiger partial charge in [-0.05, 0) is 18.6 Å². The van der Waals surface area contributed by atoms with Gasteiger partial charge in [0.25, 0.3) is 11.8 Å². The van der Waals surface area contributed by atoms with Crippen molar-refractivity contribution in [2.24, 2.45) is 0 Å². The maximum atomic E-state index is 13.3. The Morgan fingerprint density at radius 3 is 1.63 bits per heavy atom. The van der Waals surface area contributed by atoms with Gasteiger partial charge in [0.05, 0.1) is 11.1 Å². The van der Waals surface area contributed by atoms with Crippen LogP contribution in [0.3, 0.4) is 0 Å². The van der Waals surface area contributed by atoms with E-state index in [-0.39, 0.29) is 69.2 Å². The first-order valence-corrected chi connectivity index (χ1v) is 14.4. The van der Waals surface area contributed by atoms with Gasteiger partial charge in [0.15, 0.2) is 34.7 Å². The number of fused-ring (bicyclic) bond motifs is 2. The van der Waals surface area contributed by atoms with Crippen LogP contribution < -0.4 is 5.32 Å². The molecule has 2 atom stereocenters. The maximum absolute atomic E-state index is 13.3. The van der Waals surface area contributed by atoms with Crippen LogP contribution in [0, 0.1) is 0 Å². The third-order valence-corrected chi connectivity index (χ3v) is 8.05. The van der Waals surface area contributed by atoms with Crippen molar-refractivity contribution in [1.82, 2.24) is 10.2 Å². The van der Waals surface area contributed by atoms with Crippen LogP contribution >= 0.6 is 0 Å². The fourth-order valence-corrected chi connectivity index (χ4v) is 5.72. The van der Waals surface area contributed by atoms with E-state index >= 15 is 0 Å². The molecule has 4 aliphatic rings. The molecule has 0 bridgehead atoms. The molecule has 12 nitrogen and oxygen atoms in total. The lowest BCUT2D eigenvalue weighted by molar-refractivity contribution is -0.136. The number of ether oxygens (including phenoxy) is 4. The van der Waals surface area contributed by atoms with Crippen LogP contribution in [0.15, 0.2) is 94.5 Å². The van der Waals surface area contributed by atoms with Crippen LogP contribution in [0.5, 0.6) is 0 Å². The van der Waals surface area contributed by atoms with E-state index in [9.17, 15) is 28.8 Å². The Morgan fingerprint density at radius 1 is 0.717 bits per heavy atom. The fourth-order valence-electron chi connectivity index (χ4n) is 5.72. The summed E-state index contributed by atoms with van der Waals surface area (Å²) in [6.07, 6.45) is 0.326. The highest BCUT2D eigenvalue weighted by Gasteiger charge is 2.42. The summed E-state index contributed by atoms with van der Waals surface area (Å²) in [4.78, 5) is 80.2. The van der Waals surface area contributed by atoms with Gasteiger partial charge in [0, 0.05) is 67.8 Å². The first-order chi connectivity index (χ1) is 22.2. The molecule has 0 radical (unpaired) electrons. The summed E-state index contributed by atoms with van der Waals surface area (Å²) in [7, 11) is 4.14. The molecule has 1 N–H and O–H groups in total. The predicted molar refractivity (Wildman–Crippen MR) is 159 cm³/mol. The molecule has 2 aromatic carbocycles. The number of benzene rings is 2. The van der Waals surface area contributed by atoms with Crippen molar-refractivity contribution in [1.29, 1.82) is 0 Å². The molecule has 2 unspecified atom stereocenters. The minimum Gasteiger partial charge on any atom is -0.455 e. The van der Waals surface area contributed by atoms with E-state index in [2.05, 4.69) is 5.32 Å². The van der Waals surface area contributed by atoms with Crippen molar-refractivity contribution in [3.05, 3.63) is 117 Å². The highest BCUT2D eigenvalue weighted by atomic mass is 16.7. The van der Waals surface area contributed by atoms with Crippen LogP contribution in [-0.2, 0) is 28.5 Å². The van der Waals surface area contributed by atoms with Gasteiger partial charge in [-0.2, -0.15) is 0 Å². The number of nitrogens with zero attached hydrogens (tertiary/aromatic N) is 1. The number of allylic oxidation sites excluding steroid dienone is 4. The SMILES string of the molecule is COC1OC(C(=O)NCCCN(C)C(=O)C2=CC3=C(C(=O)c4ccccc4C3=O)C(OC)O2)=CC2=C1C(=O)c1ccccc1C2=O. The molecule has 234 valence electrons. The molecule has 2 aliphatic heterocycles. The van der Waals surface area contributed by atoms with Crippen molar-refractivity contribution in [2.45, 2.75) is 19.0 Å². The topological polar surface area (TPSA) is 155 Å². The highest BCUT2D eigenvalue weighted by Crippen LogP contribution is 2.36. The van der Waals surface area contributed by atoms with Gasteiger partial charge in [-0.1, -0.05) is 48.5 Å². The predicted octanol–water partition coefficient (Wildman–Crippen LogP) is 2.48. The number of methoxy groups -OCH3 is 2. The van der Waals surface area contributed by atoms with Crippen molar-refractivity contribution >= 4 is 34.9 Å². The first-order valence-electron chi connectivity index (χ1n) is 14.4. The van der Waals surface area contributed by atoms with E-state index in [0.29, 0.717) is 6.42 Å². The number of carbonyl (C=O) groups is 6. The minimum atomic E-state index is -1.25. The molecule has 6 rings (SSSR count). The molecule has 0 spiro atoms. The van der Waals surface area contributed by atoms with E-state index in [1.165, 1.54) is 38.3 Å². The summed E-state index contributed by atoms with van der Waals surface area (Å²) in [5, 5.41) is 2.68. The number of hydrogen-bond donors (Lipinski definition) is 1. The van der Waals surface area contributed by atoms with Gasteiger partial charge in [-0.3, -0.25) is 28.8 Å². The van der Waals surface area contributed by atoms with Crippen LogP contribution in [0.4, 0.5) is 0 Å². The maximum Gasteiger partial charge on any atom is 0.288 e. The number of hydrogen-bond acceptors (Lipinski definition) is 10. The lowest BCUT2D eigenvalue weighted by atomic mass is 9.82. The van der Waals surface area contributed by atoms with E-state index < -0.39 is 47.5 Å².